The number of rotatable bonds is 4. The third-order valence-corrected chi connectivity index (χ3v) is 7.30. The lowest BCUT2D eigenvalue weighted by Gasteiger charge is -2.38. The van der Waals surface area contributed by atoms with E-state index in [-0.39, 0.29) is 0 Å². The maximum Gasteiger partial charge on any atom is 0.144 e. The molecule has 1 unspecified atom stereocenters. The second kappa shape index (κ2) is 7.81. The zero-order valence-electron chi connectivity index (χ0n) is 18.8. The molecule has 0 amide bonds. The molecule has 0 N–H and O–H groups in total. The topological polar surface area (TPSA) is 30.0 Å². The Bertz CT molecular complexity index is 1530. The van der Waals surface area contributed by atoms with Crippen molar-refractivity contribution in [3.8, 4) is 0 Å². The molecule has 5 aromatic rings. The number of hydrogen-bond acceptors (Lipinski definition) is 2. The lowest BCUT2D eigenvalue weighted by atomic mass is 9.63. The van der Waals surface area contributed by atoms with E-state index in [1.807, 2.05) is 12.3 Å². The third kappa shape index (κ3) is 3.16. The zero-order chi connectivity index (χ0) is 22.4. The Morgan fingerprint density at radius 3 is 2.61 bits per heavy atom. The summed E-state index contributed by atoms with van der Waals surface area (Å²) in [6.07, 6.45) is 7.22. The Morgan fingerprint density at radius 1 is 0.848 bits per heavy atom. The van der Waals surface area contributed by atoms with Crippen molar-refractivity contribution in [3.63, 3.8) is 0 Å². The molecule has 2 nitrogen and oxygen atoms in total. The first kappa shape index (κ1) is 20.1. The first-order chi connectivity index (χ1) is 16.2. The van der Waals surface area contributed by atoms with E-state index in [2.05, 4.69) is 91.1 Å². The lowest BCUT2D eigenvalue weighted by Crippen LogP contribution is -2.41. The molecule has 1 heterocycles. The smallest absolute Gasteiger partial charge is 0.144 e. The molecule has 161 valence electrons. The van der Waals surface area contributed by atoms with Crippen molar-refractivity contribution in [1.29, 1.82) is 0 Å². The van der Waals surface area contributed by atoms with Crippen LogP contribution in [-0.4, -0.2) is 10.8 Å². The predicted octanol–water partition coefficient (Wildman–Crippen LogP) is 7.35. The van der Waals surface area contributed by atoms with Crippen LogP contribution in [-0.2, 0) is 16.6 Å². The number of benzene rings is 4. The maximum absolute atomic E-state index is 13.6. The minimum absolute atomic E-state index is 0.336. The van der Waals surface area contributed by atoms with E-state index in [1.54, 1.807) is 0 Å². The van der Waals surface area contributed by atoms with Crippen molar-refractivity contribution in [3.05, 3.63) is 108 Å². The molecule has 6 rings (SSSR count). The highest BCUT2D eigenvalue weighted by molar-refractivity contribution is 6.10. The maximum atomic E-state index is 13.6. The molecule has 1 atom stereocenters. The van der Waals surface area contributed by atoms with Crippen molar-refractivity contribution in [1.82, 2.24) is 4.98 Å². The van der Waals surface area contributed by atoms with Gasteiger partial charge in [-0.2, -0.15) is 0 Å². The predicted molar refractivity (Wildman–Crippen MR) is 137 cm³/mol. The standard InChI is InChI=1S/C31H26NO/c1-2-17-31(20-21-9-15-29-23(19-21)7-5-18-32-29)28-14-12-25-24-8-4-3-6-22(24)10-11-26(25)27(28)13-16-30(31)33/h3-12,14-15,18-20H,2,13,16-17H2,1H3. The number of ketones is 1. The third-order valence-electron chi connectivity index (χ3n) is 7.30. The van der Waals surface area contributed by atoms with Crippen LogP contribution < -0.4 is 0 Å². The van der Waals surface area contributed by atoms with Crippen LogP contribution in [0.1, 0.15) is 42.9 Å². The molecule has 0 spiro atoms. The molecule has 0 aliphatic heterocycles. The van der Waals surface area contributed by atoms with Crippen LogP contribution in [0.5, 0.6) is 0 Å². The number of carbonyl (C=O) groups is 1. The second-order valence-corrected chi connectivity index (χ2v) is 9.22. The molecule has 1 aromatic heterocycles. The molecule has 0 fully saturated rings. The van der Waals surface area contributed by atoms with Crippen LogP contribution in [0.2, 0.25) is 0 Å². The quantitative estimate of drug-likeness (QED) is 0.280. The largest absolute Gasteiger partial charge is 0.299 e. The summed E-state index contributed by atoms with van der Waals surface area (Å²) in [5, 5.41) is 6.21. The summed E-state index contributed by atoms with van der Waals surface area (Å²) in [6, 6.07) is 27.9. The molecular formula is C31H26NO. The first-order valence-corrected chi connectivity index (χ1v) is 11.9. The molecule has 33 heavy (non-hydrogen) atoms. The normalized spacial score (nSPS) is 18.2. The monoisotopic (exact) mass is 428 g/mol. The van der Waals surface area contributed by atoms with Gasteiger partial charge in [0.05, 0.1) is 10.9 Å². The SMILES string of the molecule is CCCC1([CH]c2ccc3ncccc3c2)C(=O)CCc2c1ccc1c2ccc2ccccc21. The van der Waals surface area contributed by atoms with Crippen molar-refractivity contribution in [2.24, 2.45) is 0 Å². The number of fused-ring (bicyclic) bond motifs is 6. The van der Waals surface area contributed by atoms with E-state index in [4.69, 9.17) is 0 Å². The van der Waals surface area contributed by atoms with Crippen LogP contribution in [0.15, 0.2) is 85.1 Å². The van der Waals surface area contributed by atoms with Gasteiger partial charge in [0.2, 0.25) is 0 Å². The highest BCUT2D eigenvalue weighted by atomic mass is 16.1. The fourth-order valence-corrected chi connectivity index (χ4v) is 5.82. The van der Waals surface area contributed by atoms with Gasteiger partial charge < -0.3 is 0 Å². The fraction of sp³-hybridized carbons (Fsp3) is 0.194. The number of Topliss-reactive ketones (excluding diaryl/α,β-unsaturated/α-hetero) is 1. The van der Waals surface area contributed by atoms with E-state index in [1.165, 1.54) is 32.7 Å². The lowest BCUT2D eigenvalue weighted by molar-refractivity contribution is -0.124. The zero-order valence-corrected chi connectivity index (χ0v) is 18.8. The van der Waals surface area contributed by atoms with Gasteiger partial charge in [-0.1, -0.05) is 74.0 Å². The summed E-state index contributed by atoms with van der Waals surface area (Å²) in [6.45, 7) is 2.18. The molecule has 0 saturated carbocycles. The first-order valence-electron chi connectivity index (χ1n) is 11.9. The summed E-state index contributed by atoms with van der Waals surface area (Å²) in [7, 11) is 0. The Balaban J connectivity index is 1.55. The number of aryl methyl sites for hydroxylation is 1. The van der Waals surface area contributed by atoms with Gasteiger partial charge in [0.15, 0.2) is 0 Å². The molecule has 1 radical (unpaired) electrons. The summed E-state index contributed by atoms with van der Waals surface area (Å²) >= 11 is 0. The highest BCUT2D eigenvalue weighted by Crippen LogP contribution is 2.45. The number of aromatic nitrogens is 1. The highest BCUT2D eigenvalue weighted by Gasteiger charge is 2.43. The summed E-state index contributed by atoms with van der Waals surface area (Å²) in [5.41, 5.74) is 4.01. The molecule has 0 saturated heterocycles. The molecule has 1 aliphatic carbocycles. The van der Waals surface area contributed by atoms with Gasteiger partial charge in [0.1, 0.15) is 5.78 Å². The van der Waals surface area contributed by atoms with Crippen LogP contribution in [0, 0.1) is 6.42 Å². The Morgan fingerprint density at radius 2 is 1.70 bits per heavy atom. The average Bonchev–Trinajstić information content (AvgIpc) is 2.86. The van der Waals surface area contributed by atoms with E-state index in [0.717, 1.165) is 35.7 Å². The van der Waals surface area contributed by atoms with Crippen molar-refractivity contribution < 1.29 is 4.79 Å². The van der Waals surface area contributed by atoms with E-state index in [0.29, 0.717) is 12.2 Å². The van der Waals surface area contributed by atoms with E-state index < -0.39 is 5.41 Å². The van der Waals surface area contributed by atoms with E-state index in [9.17, 15) is 4.79 Å². The van der Waals surface area contributed by atoms with Crippen molar-refractivity contribution in [2.75, 3.05) is 0 Å². The van der Waals surface area contributed by atoms with Crippen molar-refractivity contribution >= 4 is 38.2 Å². The number of pyridine rings is 1. The number of nitrogens with zero attached hydrogens (tertiary/aromatic N) is 1. The Hall–Kier alpha value is -3.52. The Kier molecular flexibility index (Phi) is 4.76. The van der Waals surface area contributed by atoms with Crippen LogP contribution in [0.25, 0.3) is 32.4 Å². The van der Waals surface area contributed by atoms with Gasteiger partial charge in [0.25, 0.3) is 0 Å². The summed E-state index contributed by atoms with van der Waals surface area (Å²) < 4.78 is 0. The van der Waals surface area contributed by atoms with Crippen LogP contribution in [0.4, 0.5) is 0 Å². The van der Waals surface area contributed by atoms with Crippen LogP contribution >= 0.6 is 0 Å². The van der Waals surface area contributed by atoms with Gasteiger partial charge in [0, 0.05) is 24.4 Å². The minimum atomic E-state index is -0.585. The number of hydrogen-bond donors (Lipinski definition) is 0. The van der Waals surface area contributed by atoms with Crippen LogP contribution in [0.3, 0.4) is 0 Å². The fourth-order valence-electron chi connectivity index (χ4n) is 5.82. The Labute approximate surface area is 194 Å². The summed E-state index contributed by atoms with van der Waals surface area (Å²) in [4.78, 5) is 18.1. The molecule has 2 heteroatoms. The molecule has 1 aliphatic rings. The molecule has 4 aromatic carbocycles. The van der Waals surface area contributed by atoms with Gasteiger partial charge in [-0.05, 0) is 69.3 Å². The minimum Gasteiger partial charge on any atom is -0.299 e. The molecular weight excluding hydrogens is 402 g/mol. The van der Waals surface area contributed by atoms with Gasteiger partial charge in [-0.25, -0.2) is 0 Å². The molecule has 0 bridgehead atoms. The second-order valence-electron chi connectivity index (χ2n) is 9.22. The number of carbonyl (C=O) groups excluding carboxylic acids is 1. The van der Waals surface area contributed by atoms with E-state index >= 15 is 0 Å². The summed E-state index contributed by atoms with van der Waals surface area (Å²) in [5.74, 6) is 0.336. The van der Waals surface area contributed by atoms with Crippen molar-refractivity contribution in [2.45, 2.75) is 38.0 Å². The van der Waals surface area contributed by atoms with Gasteiger partial charge in [-0.15, -0.1) is 0 Å². The van der Waals surface area contributed by atoms with Gasteiger partial charge >= 0.3 is 0 Å². The van der Waals surface area contributed by atoms with Gasteiger partial charge in [-0.3, -0.25) is 9.78 Å². The average molecular weight is 429 g/mol.